The fourth-order valence-electron chi connectivity index (χ4n) is 2.00. The fourth-order valence-corrected chi connectivity index (χ4v) is 2.00. The van der Waals surface area contributed by atoms with Gasteiger partial charge in [0, 0.05) is 30.8 Å². The zero-order valence-corrected chi connectivity index (χ0v) is 13.0. The Labute approximate surface area is 134 Å². The first-order valence-corrected chi connectivity index (χ1v) is 7.03. The third-order valence-electron chi connectivity index (χ3n) is 2.99. The number of carbonyl (C=O) groups excluding carboxylic acids is 2. The molecule has 2 aromatic carbocycles. The molecule has 23 heavy (non-hydrogen) atoms. The molecule has 2 rings (SSSR count). The molecule has 0 fully saturated rings. The quantitative estimate of drug-likeness (QED) is 0.657. The van der Waals surface area contributed by atoms with Crippen LogP contribution < -0.4 is 20.1 Å². The van der Waals surface area contributed by atoms with Crippen molar-refractivity contribution in [3.8, 4) is 11.5 Å². The van der Waals surface area contributed by atoms with Gasteiger partial charge in [0.15, 0.2) is 0 Å². The highest BCUT2D eigenvalue weighted by molar-refractivity contribution is 5.89. The van der Waals surface area contributed by atoms with Crippen LogP contribution >= 0.6 is 0 Å². The second-order valence-corrected chi connectivity index (χ2v) is 4.74. The minimum Gasteiger partial charge on any atom is -0.496 e. The lowest BCUT2D eigenvalue weighted by Gasteiger charge is -2.11. The molecular weight excluding hydrogens is 296 g/mol. The van der Waals surface area contributed by atoms with E-state index in [0.717, 1.165) is 5.56 Å². The number of para-hydroxylation sites is 1. The third kappa shape index (κ3) is 5.03. The van der Waals surface area contributed by atoms with Gasteiger partial charge in [-0.25, -0.2) is 4.79 Å². The van der Waals surface area contributed by atoms with Gasteiger partial charge in [0.1, 0.15) is 11.5 Å². The fraction of sp³-hybridized carbons (Fsp3) is 0.176. The van der Waals surface area contributed by atoms with Crippen LogP contribution in [0.25, 0.3) is 0 Å². The maximum absolute atomic E-state index is 11.9. The summed E-state index contributed by atoms with van der Waals surface area (Å²) in [6, 6.07) is 13.7. The number of ether oxygens (including phenoxy) is 2. The molecule has 120 valence electrons. The molecular formula is C17H18N2O4. The van der Waals surface area contributed by atoms with Crippen molar-refractivity contribution < 1.29 is 19.1 Å². The summed E-state index contributed by atoms with van der Waals surface area (Å²) in [7, 11) is 1.58. The number of nitrogens with one attached hydrogen (secondary N) is 2. The second kappa shape index (κ2) is 7.84. The monoisotopic (exact) mass is 314 g/mol. The molecule has 0 bridgehead atoms. The third-order valence-corrected chi connectivity index (χ3v) is 2.99. The molecule has 0 aliphatic rings. The summed E-state index contributed by atoms with van der Waals surface area (Å²) < 4.78 is 10.2. The Hall–Kier alpha value is -3.02. The van der Waals surface area contributed by atoms with E-state index in [1.165, 1.54) is 6.92 Å². The molecule has 0 aromatic heterocycles. The maximum atomic E-state index is 11.9. The standard InChI is InChI=1S/C17H18N2O4/c1-12(20)23-15-8-5-7-14(10-15)19-17(21)18-11-13-6-3-4-9-16(13)22-2/h3-10H,11H2,1-2H3,(H2,18,19,21). The van der Waals surface area contributed by atoms with Crippen LogP contribution in [0, 0.1) is 0 Å². The topological polar surface area (TPSA) is 76.7 Å². The Morgan fingerprint density at radius 2 is 1.87 bits per heavy atom. The highest BCUT2D eigenvalue weighted by Crippen LogP contribution is 2.18. The molecule has 6 heteroatoms. The number of esters is 1. The van der Waals surface area contributed by atoms with Gasteiger partial charge in [0.25, 0.3) is 0 Å². The Morgan fingerprint density at radius 1 is 1.09 bits per heavy atom. The number of hydrogen-bond donors (Lipinski definition) is 2. The summed E-state index contributed by atoms with van der Waals surface area (Å²) in [5, 5.41) is 5.43. The number of urea groups is 1. The Kier molecular flexibility index (Phi) is 5.57. The molecule has 0 heterocycles. The van der Waals surface area contributed by atoms with Crippen LogP contribution in [0.2, 0.25) is 0 Å². The number of anilines is 1. The van der Waals surface area contributed by atoms with Gasteiger partial charge in [-0.05, 0) is 18.2 Å². The van der Waals surface area contributed by atoms with Crippen molar-refractivity contribution in [3.05, 3.63) is 54.1 Å². The molecule has 0 radical (unpaired) electrons. The number of methoxy groups -OCH3 is 1. The summed E-state index contributed by atoms with van der Waals surface area (Å²) in [6.45, 7) is 1.65. The molecule has 0 aliphatic heterocycles. The summed E-state index contributed by atoms with van der Waals surface area (Å²) in [4.78, 5) is 22.9. The zero-order chi connectivity index (χ0) is 16.7. The van der Waals surface area contributed by atoms with Crippen LogP contribution in [-0.4, -0.2) is 19.1 Å². The number of benzene rings is 2. The summed E-state index contributed by atoms with van der Waals surface area (Å²) >= 11 is 0. The van der Waals surface area contributed by atoms with Crippen LogP contribution in [0.3, 0.4) is 0 Å². The minimum absolute atomic E-state index is 0.333. The SMILES string of the molecule is COc1ccccc1CNC(=O)Nc1cccc(OC(C)=O)c1. The summed E-state index contributed by atoms with van der Waals surface area (Å²) in [6.07, 6.45) is 0. The lowest BCUT2D eigenvalue weighted by molar-refractivity contribution is -0.131. The molecule has 0 saturated carbocycles. The molecule has 0 saturated heterocycles. The first kappa shape index (κ1) is 16.4. The van der Waals surface area contributed by atoms with E-state index in [1.807, 2.05) is 24.3 Å². The van der Waals surface area contributed by atoms with Crippen molar-refractivity contribution in [2.75, 3.05) is 12.4 Å². The van der Waals surface area contributed by atoms with Gasteiger partial charge in [-0.15, -0.1) is 0 Å². The van der Waals surface area contributed by atoms with Crippen molar-refractivity contribution in [2.45, 2.75) is 13.5 Å². The van der Waals surface area contributed by atoms with Gasteiger partial charge in [0.05, 0.1) is 7.11 Å². The van der Waals surface area contributed by atoms with Gasteiger partial charge < -0.3 is 20.1 Å². The van der Waals surface area contributed by atoms with Crippen molar-refractivity contribution in [1.29, 1.82) is 0 Å². The van der Waals surface area contributed by atoms with Gasteiger partial charge in [-0.2, -0.15) is 0 Å². The maximum Gasteiger partial charge on any atom is 0.319 e. The van der Waals surface area contributed by atoms with E-state index in [-0.39, 0.29) is 6.03 Å². The molecule has 0 spiro atoms. The van der Waals surface area contributed by atoms with Crippen molar-refractivity contribution in [3.63, 3.8) is 0 Å². The smallest absolute Gasteiger partial charge is 0.319 e. The molecule has 6 nitrogen and oxygen atoms in total. The lowest BCUT2D eigenvalue weighted by atomic mass is 10.2. The predicted octanol–water partition coefficient (Wildman–Crippen LogP) is 2.94. The molecule has 2 amide bonds. The lowest BCUT2D eigenvalue weighted by Crippen LogP contribution is -2.28. The van der Waals surface area contributed by atoms with Crippen LogP contribution in [0.5, 0.6) is 11.5 Å². The highest BCUT2D eigenvalue weighted by atomic mass is 16.5. The zero-order valence-electron chi connectivity index (χ0n) is 13.0. The van der Waals surface area contributed by atoms with Gasteiger partial charge >= 0.3 is 12.0 Å². The number of carbonyl (C=O) groups is 2. The average Bonchev–Trinajstić information content (AvgIpc) is 2.53. The molecule has 2 aromatic rings. The Morgan fingerprint density at radius 3 is 2.61 bits per heavy atom. The first-order chi connectivity index (χ1) is 11.1. The van der Waals surface area contributed by atoms with E-state index < -0.39 is 5.97 Å². The number of rotatable bonds is 5. The van der Waals surface area contributed by atoms with E-state index >= 15 is 0 Å². The molecule has 2 N–H and O–H groups in total. The predicted molar refractivity (Wildman–Crippen MR) is 86.6 cm³/mol. The van der Waals surface area contributed by atoms with Gasteiger partial charge in [0.2, 0.25) is 0 Å². The number of hydrogen-bond acceptors (Lipinski definition) is 4. The van der Waals surface area contributed by atoms with Crippen LogP contribution in [0.4, 0.5) is 10.5 Å². The Bertz CT molecular complexity index is 700. The van der Waals surface area contributed by atoms with E-state index in [4.69, 9.17) is 9.47 Å². The minimum atomic E-state index is -0.414. The summed E-state index contributed by atoms with van der Waals surface area (Å²) in [5.41, 5.74) is 1.40. The van der Waals surface area contributed by atoms with Gasteiger partial charge in [-0.3, -0.25) is 4.79 Å². The molecule has 0 aliphatic carbocycles. The first-order valence-electron chi connectivity index (χ1n) is 7.03. The van der Waals surface area contributed by atoms with Crippen LogP contribution in [0.15, 0.2) is 48.5 Å². The number of amides is 2. The highest BCUT2D eigenvalue weighted by Gasteiger charge is 2.06. The summed E-state index contributed by atoms with van der Waals surface area (Å²) in [5.74, 6) is 0.674. The van der Waals surface area contributed by atoms with E-state index in [1.54, 1.807) is 31.4 Å². The van der Waals surface area contributed by atoms with E-state index in [2.05, 4.69) is 10.6 Å². The van der Waals surface area contributed by atoms with Gasteiger partial charge in [-0.1, -0.05) is 24.3 Å². The van der Waals surface area contributed by atoms with Crippen LogP contribution in [0.1, 0.15) is 12.5 Å². The molecule has 0 unspecified atom stereocenters. The Balaban J connectivity index is 1.93. The van der Waals surface area contributed by atoms with Crippen molar-refractivity contribution in [2.24, 2.45) is 0 Å². The van der Waals surface area contributed by atoms with E-state index in [0.29, 0.717) is 23.7 Å². The second-order valence-electron chi connectivity index (χ2n) is 4.74. The van der Waals surface area contributed by atoms with Crippen LogP contribution in [-0.2, 0) is 11.3 Å². The average molecular weight is 314 g/mol. The molecule has 0 atom stereocenters. The largest absolute Gasteiger partial charge is 0.496 e. The van der Waals surface area contributed by atoms with Crippen molar-refractivity contribution >= 4 is 17.7 Å². The van der Waals surface area contributed by atoms with Crippen molar-refractivity contribution in [1.82, 2.24) is 5.32 Å². The normalized spacial score (nSPS) is 9.83. The van der Waals surface area contributed by atoms with E-state index in [9.17, 15) is 9.59 Å².